The molecule has 5 aliphatic rings. The Bertz CT molecular complexity index is 4260. The molecule has 10 heterocycles. The molecule has 5 aliphatic heterocycles. The summed E-state index contributed by atoms with van der Waals surface area (Å²) in [6.07, 6.45) is 25.4. The Labute approximate surface area is 750 Å². The van der Waals surface area contributed by atoms with Gasteiger partial charge in [0.25, 0.3) is 11.8 Å². The zero-order valence-electron chi connectivity index (χ0n) is 82.3. The normalized spacial score (nSPS) is 17.1. The lowest BCUT2D eigenvalue weighted by Crippen LogP contribution is -2.47. The van der Waals surface area contributed by atoms with Crippen molar-refractivity contribution in [1.82, 2.24) is 74.5 Å². The van der Waals surface area contributed by atoms with E-state index in [1.807, 2.05) is 127 Å². The minimum atomic E-state index is -0.172. The van der Waals surface area contributed by atoms with E-state index < -0.39 is 0 Å². The molecule has 0 radical (unpaired) electrons. The molecule has 2 aromatic carbocycles. The van der Waals surface area contributed by atoms with Crippen LogP contribution in [0.5, 0.6) is 0 Å². The van der Waals surface area contributed by atoms with Gasteiger partial charge in [0.15, 0.2) is 0 Å². The fourth-order valence-electron chi connectivity index (χ4n) is 14.3. The van der Waals surface area contributed by atoms with Gasteiger partial charge in [-0.15, -0.1) is 0 Å². The molecular formula is C102H166N18O4. The number of rotatable bonds is 16. The number of piperidine rings is 3. The number of anilines is 3. The van der Waals surface area contributed by atoms with E-state index in [1.165, 1.54) is 85.9 Å². The number of nitrogens with zero attached hydrogens (tertiary/aromatic N) is 14. The molecule has 0 spiro atoms. The smallest absolute Gasteiger partial charge is 0.253 e. The van der Waals surface area contributed by atoms with Crippen LogP contribution in [0.1, 0.15) is 284 Å². The Morgan fingerprint density at radius 3 is 1.40 bits per heavy atom. The Morgan fingerprint density at radius 1 is 0.476 bits per heavy atom. The van der Waals surface area contributed by atoms with Crippen molar-refractivity contribution in [2.24, 2.45) is 5.92 Å². The second-order valence-electron chi connectivity index (χ2n) is 42.5. The predicted octanol–water partition coefficient (Wildman–Crippen LogP) is 17.9. The van der Waals surface area contributed by atoms with Crippen molar-refractivity contribution in [1.29, 1.82) is 0 Å². The third-order valence-electron chi connectivity index (χ3n) is 23.7. The van der Waals surface area contributed by atoms with Gasteiger partial charge in [-0.3, -0.25) is 38.3 Å². The molecule has 5 saturated heterocycles. The molecule has 7 aromatic rings. The minimum Gasteiger partial charge on any atom is -0.356 e. The van der Waals surface area contributed by atoms with Crippen LogP contribution < -0.4 is 26.2 Å². The molecule has 5 aromatic heterocycles. The number of amides is 4. The first-order valence-corrected chi connectivity index (χ1v) is 46.3. The van der Waals surface area contributed by atoms with Crippen molar-refractivity contribution in [2.45, 2.75) is 287 Å². The fraction of sp³-hybridized carbons (Fsp3) is 0.637. The molecule has 2 atom stereocenters. The van der Waals surface area contributed by atoms with Gasteiger partial charge < -0.3 is 45.8 Å². The number of pyridine rings is 3. The number of likely N-dealkylation sites (N-methyl/N-ethyl adjacent to an activating group) is 2. The first-order valence-electron chi connectivity index (χ1n) is 46.3. The summed E-state index contributed by atoms with van der Waals surface area (Å²) in [6.45, 7) is 70.3. The van der Waals surface area contributed by atoms with Crippen LogP contribution in [0.3, 0.4) is 0 Å². The van der Waals surface area contributed by atoms with Crippen molar-refractivity contribution in [2.75, 3.05) is 148 Å². The molecule has 124 heavy (non-hydrogen) atoms. The van der Waals surface area contributed by atoms with Gasteiger partial charge >= 0.3 is 0 Å². The van der Waals surface area contributed by atoms with Gasteiger partial charge in [-0.1, -0.05) is 215 Å². The van der Waals surface area contributed by atoms with Gasteiger partial charge in [0.05, 0.1) is 31.5 Å². The molecule has 22 heteroatoms. The Balaban J connectivity index is 0.000000224. The van der Waals surface area contributed by atoms with Crippen LogP contribution in [0.15, 0.2) is 128 Å². The van der Waals surface area contributed by atoms with E-state index in [4.69, 9.17) is 0 Å². The number of aromatic nitrogens is 7. The number of piperazine rings is 2. The molecule has 0 bridgehead atoms. The van der Waals surface area contributed by atoms with Crippen LogP contribution in [-0.2, 0) is 60.6 Å². The number of unbranched alkanes of at least 4 members (excludes halogenated alkanes) is 1. The Morgan fingerprint density at radius 2 is 0.944 bits per heavy atom. The summed E-state index contributed by atoms with van der Waals surface area (Å²) in [7, 11) is 7.98. The lowest BCUT2D eigenvalue weighted by molar-refractivity contribution is -0.120. The van der Waals surface area contributed by atoms with Crippen LogP contribution in [0, 0.1) is 5.92 Å². The quantitative estimate of drug-likeness (QED) is 0.0708. The lowest BCUT2D eigenvalue weighted by atomic mass is 9.86. The molecule has 1 unspecified atom stereocenters. The van der Waals surface area contributed by atoms with Gasteiger partial charge in [0, 0.05) is 127 Å². The molecule has 4 amide bonds. The summed E-state index contributed by atoms with van der Waals surface area (Å²) in [4.78, 5) is 77.4. The maximum atomic E-state index is 12.5. The van der Waals surface area contributed by atoms with Crippen molar-refractivity contribution < 1.29 is 19.2 Å². The number of hydrogen-bond donors (Lipinski definition) is 4. The van der Waals surface area contributed by atoms with Crippen molar-refractivity contribution >= 4 is 41.1 Å². The van der Waals surface area contributed by atoms with Crippen LogP contribution in [0.2, 0.25) is 0 Å². The first-order chi connectivity index (χ1) is 58.0. The van der Waals surface area contributed by atoms with Gasteiger partial charge in [0.2, 0.25) is 11.8 Å². The van der Waals surface area contributed by atoms with Crippen LogP contribution >= 0.6 is 0 Å². The fourth-order valence-corrected chi connectivity index (χ4v) is 14.3. The zero-order chi connectivity index (χ0) is 92.0. The highest BCUT2D eigenvalue weighted by molar-refractivity contribution is 5.95. The van der Waals surface area contributed by atoms with Crippen LogP contribution in [-0.4, -0.2) is 233 Å². The molecule has 4 N–H and O–H groups in total. The lowest BCUT2D eigenvalue weighted by Gasteiger charge is -2.32. The van der Waals surface area contributed by atoms with Gasteiger partial charge in [-0.25, -0.2) is 15.0 Å². The number of nitrogens with one attached hydrogen (secondary N) is 4. The van der Waals surface area contributed by atoms with E-state index in [0.29, 0.717) is 24.2 Å². The molecule has 5 fully saturated rings. The highest BCUT2D eigenvalue weighted by Gasteiger charge is 2.27. The van der Waals surface area contributed by atoms with Crippen LogP contribution in [0.4, 0.5) is 17.5 Å². The van der Waals surface area contributed by atoms with E-state index in [2.05, 4.69) is 286 Å². The Hall–Kier alpha value is -8.25. The number of benzene rings is 2. The monoisotopic (exact) mass is 1710 g/mol. The molecule has 0 saturated carbocycles. The van der Waals surface area contributed by atoms with Gasteiger partial charge in [0.1, 0.15) is 17.5 Å². The molecule has 12 rings (SSSR count). The number of carbonyl (C=O) groups excluding carboxylic acids is 4. The minimum absolute atomic E-state index is 0.00269. The van der Waals surface area contributed by atoms with Crippen LogP contribution in [0.25, 0.3) is 0 Å². The summed E-state index contributed by atoms with van der Waals surface area (Å²) < 4.78 is 4.14. The van der Waals surface area contributed by atoms with Crippen molar-refractivity contribution in [3.8, 4) is 0 Å². The third kappa shape index (κ3) is 37.4. The largest absolute Gasteiger partial charge is 0.356 e. The summed E-state index contributed by atoms with van der Waals surface area (Å²) in [5.41, 5.74) is 11.2. The second-order valence-corrected chi connectivity index (χ2v) is 42.5. The predicted molar refractivity (Wildman–Crippen MR) is 518 cm³/mol. The van der Waals surface area contributed by atoms with Crippen molar-refractivity contribution in [3.63, 3.8) is 0 Å². The number of hydrogen-bond acceptors (Lipinski definition) is 16. The first kappa shape index (κ1) is 105. The van der Waals surface area contributed by atoms with E-state index in [0.717, 1.165) is 145 Å². The maximum absolute atomic E-state index is 12.5. The summed E-state index contributed by atoms with van der Waals surface area (Å²) in [5.74, 6) is 3.35. The van der Waals surface area contributed by atoms with E-state index in [1.54, 1.807) is 0 Å². The van der Waals surface area contributed by atoms with E-state index >= 15 is 0 Å². The summed E-state index contributed by atoms with van der Waals surface area (Å²) in [6, 6.07) is 28.3. The average molecular weight is 1710 g/mol. The van der Waals surface area contributed by atoms with Gasteiger partial charge in [-0.2, -0.15) is 10.2 Å². The molecule has 0 aliphatic carbocycles. The highest BCUT2D eigenvalue weighted by atomic mass is 16.2. The molecule has 22 nitrogen and oxygen atoms in total. The highest BCUT2D eigenvalue weighted by Crippen LogP contribution is 2.30. The standard InChI is InChI=1S/C17H26N2O.C16H24N2O.C15H24N4O.C15H24N2.C14H23N3O.C14H25N3.C11H20N2/c1-17(2,3)14-7-5-6-13(12-14)16(20)18-15-8-10-19(4)11-9-15;1-16(2,3)14-7-5-6-13(12-14)15(19)18-10-8-17(4)9-11-18;1-15(2,3)12-4-5-13(17-10-12)18-14(20)11-19-8-6-16-7-9-19;1-12-6-5-9-17(11-12)14-8-7-13(10-16-14)15(2,3)4;1-10(17(5)6)13(18)16-12-8-7-11(9-15-12)14(2,3)4;1-14(2,3)13-11-15-17(12-13)10-9-16-7-5-4-6-8-16;1-5-6-7-13-9-10(8-12-13)11(2,3)4/h5-7,12,15H,8-11H2,1-4H3,(H,18,20);5-7,12H,8-11H2,1-4H3;4-5,10,16H,6-9,11H2,1-3H3,(H,17,18,20);7-8,10,12H,5-6,9,11H2,1-4H3;7-10H,1-6H3,(H,15,16,18);11-12H,4-10H2,1-3H3;8-9H,5-7H2,1-4H3/t;;;12-;;;/m...0.../s1. The SMILES string of the molecule is CC(C(=O)Nc1ccc(C(C)(C)C)cn1)N(C)C.CC(C)(C)c1ccc(NC(=O)CN2CCNCC2)nc1.CC(C)(C)c1cnn(CCN2CCCCC2)c1.CCCCn1cc(C(C)(C)C)cn1.CN1CCC(NC(=O)c2cccc(C(C)(C)C)c2)CC1.CN1CCN(C(=O)c2cccc(C(C)(C)C)c2)CC1.C[C@H]1CCCN(c2ccc(C(C)(C)C)cn2)C1. The summed E-state index contributed by atoms with van der Waals surface area (Å²) in [5, 5.41) is 20.9. The van der Waals surface area contributed by atoms with E-state index in [9.17, 15) is 19.2 Å². The van der Waals surface area contributed by atoms with Crippen molar-refractivity contribution in [3.05, 3.63) is 178 Å². The van der Waals surface area contributed by atoms with Gasteiger partial charge in [-0.05, 0) is 231 Å². The number of aryl methyl sites for hydroxylation is 1. The topological polar surface area (TPSA) is 213 Å². The Kier molecular flexibility index (Phi) is 41.0. The average Bonchev–Trinajstić information content (AvgIpc) is 1.67. The number of carbonyl (C=O) groups is 4. The number of likely N-dealkylation sites (tertiary alicyclic amines) is 2. The second kappa shape index (κ2) is 48.6. The maximum Gasteiger partial charge on any atom is 0.253 e. The zero-order valence-corrected chi connectivity index (χ0v) is 82.3. The van der Waals surface area contributed by atoms with E-state index in [-0.39, 0.29) is 67.6 Å². The third-order valence-corrected chi connectivity index (χ3v) is 23.7. The molecular weight excluding hydrogens is 1540 g/mol. The molecule has 688 valence electrons. The summed E-state index contributed by atoms with van der Waals surface area (Å²) >= 11 is 0.